The van der Waals surface area contributed by atoms with Gasteiger partial charge in [-0.2, -0.15) is 4.98 Å². The summed E-state index contributed by atoms with van der Waals surface area (Å²) in [6.07, 6.45) is 1.73. The molecule has 0 radical (unpaired) electrons. The molecule has 0 saturated heterocycles. The van der Waals surface area contributed by atoms with Crippen molar-refractivity contribution < 1.29 is 4.42 Å². The molecule has 0 amide bonds. The number of aromatic amines is 1. The highest BCUT2D eigenvalue weighted by Gasteiger charge is 2.08. The van der Waals surface area contributed by atoms with Gasteiger partial charge in [0.25, 0.3) is 0 Å². The first-order valence-electron chi connectivity index (χ1n) is 8.25. The van der Waals surface area contributed by atoms with Gasteiger partial charge in [-0.1, -0.05) is 17.7 Å². The van der Waals surface area contributed by atoms with Gasteiger partial charge >= 0.3 is 5.76 Å². The zero-order valence-electron chi connectivity index (χ0n) is 14.6. The number of hydrogen-bond donors (Lipinski definition) is 3. The molecule has 0 fully saturated rings. The third kappa shape index (κ3) is 3.63. The Bertz CT molecular complexity index is 1200. The molecule has 3 N–H and O–H groups in total. The number of aryl methyl sites for hydroxylation is 2. The lowest BCUT2D eigenvalue weighted by Crippen LogP contribution is -2.03. The summed E-state index contributed by atoms with van der Waals surface area (Å²) in [5.41, 5.74) is 4.57. The topological polar surface area (TPSA) is 95.8 Å². The molecule has 4 aromatic rings. The zero-order valence-corrected chi connectivity index (χ0v) is 15.4. The largest absolute Gasteiger partial charge is 0.417 e. The van der Waals surface area contributed by atoms with Crippen molar-refractivity contribution in [3.63, 3.8) is 0 Å². The molecule has 0 spiro atoms. The first kappa shape index (κ1) is 17.1. The van der Waals surface area contributed by atoms with Crippen molar-refractivity contribution in [3.8, 4) is 0 Å². The van der Waals surface area contributed by atoms with Crippen LogP contribution in [0.2, 0.25) is 5.02 Å². The average molecular weight is 382 g/mol. The average Bonchev–Trinajstić information content (AvgIpc) is 3.00. The van der Waals surface area contributed by atoms with Crippen molar-refractivity contribution in [2.45, 2.75) is 13.8 Å². The Kier molecular flexibility index (Phi) is 4.29. The number of nitrogens with one attached hydrogen (secondary N) is 3. The minimum absolute atomic E-state index is 0.445. The van der Waals surface area contributed by atoms with Crippen LogP contribution in [-0.4, -0.2) is 15.0 Å². The number of fused-ring (bicyclic) bond motifs is 1. The molecule has 0 aliphatic heterocycles. The van der Waals surface area contributed by atoms with Crippen molar-refractivity contribution >= 4 is 45.8 Å². The third-order valence-corrected chi connectivity index (χ3v) is 4.49. The molecular formula is C19H16ClN5O2. The minimum Gasteiger partial charge on any atom is -0.408 e. The standard InChI is InChI=1S/C19H16ClN5O2/c1-10-3-4-12(7-14(10)20)23-18-21-9-11(2)17(25-18)22-13-5-6-16-15(8-13)24-19(26)27-16/h3-9H,1-2H3,(H,24,26)(H2,21,22,23,25). The summed E-state index contributed by atoms with van der Waals surface area (Å²) >= 11 is 6.17. The molecule has 2 aromatic carbocycles. The molecule has 0 aliphatic carbocycles. The molecule has 136 valence electrons. The number of H-pyrrole nitrogens is 1. The predicted octanol–water partition coefficient (Wildman–Crippen LogP) is 4.67. The van der Waals surface area contributed by atoms with Crippen LogP contribution in [0.5, 0.6) is 0 Å². The molecule has 0 bridgehead atoms. The van der Waals surface area contributed by atoms with E-state index in [1.54, 1.807) is 18.3 Å². The minimum atomic E-state index is -0.483. The van der Waals surface area contributed by atoms with Crippen molar-refractivity contribution in [1.82, 2.24) is 15.0 Å². The van der Waals surface area contributed by atoms with E-state index in [1.807, 2.05) is 38.1 Å². The van der Waals surface area contributed by atoms with Gasteiger partial charge in [0.15, 0.2) is 5.58 Å². The van der Waals surface area contributed by atoms with Crippen molar-refractivity contribution in [2.24, 2.45) is 0 Å². The molecule has 0 atom stereocenters. The van der Waals surface area contributed by atoms with E-state index in [-0.39, 0.29) is 0 Å². The second-order valence-electron chi connectivity index (χ2n) is 6.16. The summed E-state index contributed by atoms with van der Waals surface area (Å²) in [5.74, 6) is 0.611. The van der Waals surface area contributed by atoms with Gasteiger partial charge < -0.3 is 15.1 Å². The lowest BCUT2D eigenvalue weighted by atomic mass is 10.2. The molecular weight excluding hydrogens is 366 g/mol. The van der Waals surface area contributed by atoms with E-state index < -0.39 is 5.76 Å². The number of oxazole rings is 1. The maximum Gasteiger partial charge on any atom is 0.417 e. The maximum atomic E-state index is 11.3. The Balaban J connectivity index is 1.61. The molecule has 7 nitrogen and oxygen atoms in total. The van der Waals surface area contributed by atoms with Crippen LogP contribution in [-0.2, 0) is 0 Å². The smallest absolute Gasteiger partial charge is 0.408 e. The monoisotopic (exact) mass is 381 g/mol. The Morgan fingerprint density at radius 2 is 1.81 bits per heavy atom. The SMILES string of the molecule is Cc1ccc(Nc2ncc(C)c(Nc3ccc4oc(=O)[nH]c4c3)n2)cc1Cl. The highest BCUT2D eigenvalue weighted by Crippen LogP contribution is 2.25. The number of rotatable bonds is 4. The lowest BCUT2D eigenvalue weighted by molar-refractivity contribution is 0.555. The van der Waals surface area contributed by atoms with E-state index in [1.165, 1.54) is 0 Å². The van der Waals surface area contributed by atoms with Crippen LogP contribution in [0, 0.1) is 13.8 Å². The third-order valence-electron chi connectivity index (χ3n) is 4.08. The summed E-state index contributed by atoms with van der Waals surface area (Å²) in [6.45, 7) is 3.85. The molecule has 0 aliphatic rings. The summed E-state index contributed by atoms with van der Waals surface area (Å²) in [5, 5.41) is 7.06. The van der Waals surface area contributed by atoms with Crippen molar-refractivity contribution in [1.29, 1.82) is 0 Å². The van der Waals surface area contributed by atoms with Gasteiger partial charge in [-0.3, -0.25) is 4.98 Å². The summed E-state index contributed by atoms with van der Waals surface area (Å²) in [4.78, 5) is 22.8. The van der Waals surface area contributed by atoms with Crippen LogP contribution < -0.4 is 16.4 Å². The van der Waals surface area contributed by atoms with Gasteiger partial charge in [-0.05, 0) is 49.7 Å². The molecule has 0 saturated carbocycles. The van der Waals surface area contributed by atoms with Gasteiger partial charge in [0.05, 0.1) is 5.52 Å². The fraction of sp³-hybridized carbons (Fsp3) is 0.105. The van der Waals surface area contributed by atoms with Gasteiger partial charge in [0.2, 0.25) is 5.95 Å². The number of benzene rings is 2. The fourth-order valence-electron chi connectivity index (χ4n) is 2.60. The predicted molar refractivity (Wildman–Crippen MR) is 106 cm³/mol. The number of hydrogen-bond acceptors (Lipinski definition) is 6. The van der Waals surface area contributed by atoms with Gasteiger partial charge in [0, 0.05) is 28.2 Å². The van der Waals surface area contributed by atoms with Crippen molar-refractivity contribution in [2.75, 3.05) is 10.6 Å². The normalized spacial score (nSPS) is 10.9. The zero-order chi connectivity index (χ0) is 19.0. The van der Waals surface area contributed by atoms with E-state index in [9.17, 15) is 4.79 Å². The molecule has 0 unspecified atom stereocenters. The van der Waals surface area contributed by atoms with Gasteiger partial charge in [0.1, 0.15) is 5.82 Å². The molecule has 2 aromatic heterocycles. The maximum absolute atomic E-state index is 11.3. The number of aromatic nitrogens is 3. The van der Waals surface area contributed by atoms with Crippen LogP contribution >= 0.6 is 11.6 Å². The fourth-order valence-corrected chi connectivity index (χ4v) is 2.78. The van der Waals surface area contributed by atoms with Crippen LogP contribution in [0.1, 0.15) is 11.1 Å². The quantitative estimate of drug-likeness (QED) is 0.475. The Morgan fingerprint density at radius 3 is 2.63 bits per heavy atom. The first-order valence-corrected chi connectivity index (χ1v) is 8.62. The Morgan fingerprint density at radius 1 is 1.04 bits per heavy atom. The number of nitrogens with zero attached hydrogens (tertiary/aromatic N) is 2. The summed E-state index contributed by atoms with van der Waals surface area (Å²) < 4.78 is 5.02. The molecule has 2 heterocycles. The van der Waals surface area contributed by atoms with Crippen LogP contribution in [0.25, 0.3) is 11.1 Å². The highest BCUT2D eigenvalue weighted by molar-refractivity contribution is 6.31. The van der Waals surface area contributed by atoms with Crippen LogP contribution in [0.4, 0.5) is 23.1 Å². The molecule has 4 rings (SSSR count). The highest BCUT2D eigenvalue weighted by atomic mass is 35.5. The summed E-state index contributed by atoms with van der Waals surface area (Å²) in [7, 11) is 0. The number of anilines is 4. The van der Waals surface area contributed by atoms with Crippen LogP contribution in [0.15, 0.2) is 51.8 Å². The van der Waals surface area contributed by atoms with E-state index in [0.29, 0.717) is 27.9 Å². The van der Waals surface area contributed by atoms with Gasteiger partial charge in [-0.15, -0.1) is 0 Å². The number of halogens is 1. The Hall–Kier alpha value is -3.32. The van der Waals surface area contributed by atoms with E-state index in [2.05, 4.69) is 25.6 Å². The van der Waals surface area contributed by atoms with Crippen molar-refractivity contribution in [3.05, 3.63) is 69.3 Å². The second-order valence-corrected chi connectivity index (χ2v) is 6.57. The summed E-state index contributed by atoms with van der Waals surface area (Å²) in [6, 6.07) is 11.0. The van der Waals surface area contributed by atoms with Gasteiger partial charge in [-0.25, -0.2) is 9.78 Å². The second kappa shape index (κ2) is 6.77. The molecule has 27 heavy (non-hydrogen) atoms. The Labute approximate surface area is 159 Å². The van der Waals surface area contributed by atoms with E-state index in [0.717, 1.165) is 22.5 Å². The van der Waals surface area contributed by atoms with E-state index in [4.69, 9.17) is 16.0 Å². The molecule has 8 heteroatoms. The van der Waals surface area contributed by atoms with E-state index >= 15 is 0 Å². The van der Waals surface area contributed by atoms with Crippen LogP contribution in [0.3, 0.4) is 0 Å². The first-order chi connectivity index (χ1) is 13.0. The lowest BCUT2D eigenvalue weighted by Gasteiger charge is -2.11.